The molecule has 3 rings (SSSR count). The monoisotopic (exact) mass is 372 g/mol. The molecular weight excluding hydrogens is 356 g/mol. The fourth-order valence-electron chi connectivity index (χ4n) is 2.24. The molecule has 0 unspecified atom stereocenters. The molecule has 0 aliphatic heterocycles. The van der Waals surface area contributed by atoms with Crippen molar-refractivity contribution >= 4 is 30.0 Å². The molecule has 128 valence electrons. The molecule has 25 heavy (non-hydrogen) atoms. The van der Waals surface area contributed by atoms with Crippen LogP contribution in [0.1, 0.15) is 23.9 Å². The van der Waals surface area contributed by atoms with Gasteiger partial charge >= 0.3 is 0 Å². The summed E-state index contributed by atoms with van der Waals surface area (Å²) >= 11 is 11.1. The smallest absolute Gasteiger partial charge is 0.216 e. The van der Waals surface area contributed by atoms with E-state index in [1.165, 1.54) is 0 Å². The highest BCUT2D eigenvalue weighted by Gasteiger charge is 2.01. The zero-order valence-corrected chi connectivity index (χ0v) is 15.2. The van der Waals surface area contributed by atoms with Crippen LogP contribution < -0.4 is 4.74 Å². The van der Waals surface area contributed by atoms with Crippen molar-refractivity contribution in [1.29, 1.82) is 0 Å². The van der Waals surface area contributed by atoms with Gasteiger partial charge in [-0.25, -0.2) is 0 Å². The number of halogens is 1. The van der Waals surface area contributed by atoms with Crippen LogP contribution in [0.2, 0.25) is 5.02 Å². The zero-order valence-electron chi connectivity index (χ0n) is 13.6. The number of rotatable bonds is 6. The Bertz CT molecular complexity index is 931. The Kier molecular flexibility index (Phi) is 5.63. The lowest BCUT2D eigenvalue weighted by Gasteiger charge is -2.06. The third-order valence-corrected chi connectivity index (χ3v) is 4.03. The first-order valence-corrected chi connectivity index (χ1v) is 8.62. The summed E-state index contributed by atoms with van der Waals surface area (Å²) in [5.41, 5.74) is 1.97. The minimum Gasteiger partial charge on any atom is -0.489 e. The van der Waals surface area contributed by atoms with Gasteiger partial charge in [-0.05, 0) is 59.7 Å². The number of hydrogen-bond donors (Lipinski definition) is 1. The Morgan fingerprint density at radius 2 is 2.08 bits per heavy atom. The van der Waals surface area contributed by atoms with Gasteiger partial charge in [0.15, 0.2) is 5.82 Å². The molecule has 0 spiro atoms. The average Bonchev–Trinajstić information content (AvgIpc) is 2.99. The van der Waals surface area contributed by atoms with Crippen LogP contribution in [0.25, 0.3) is 0 Å². The second-order valence-corrected chi connectivity index (χ2v) is 6.17. The van der Waals surface area contributed by atoms with E-state index in [1.807, 2.05) is 55.5 Å². The van der Waals surface area contributed by atoms with Crippen molar-refractivity contribution in [3.63, 3.8) is 0 Å². The number of ether oxygens (including phenoxy) is 1. The SMILES string of the molecule is CCc1n[nH]c(=S)n1/N=C/c1ccc(OCc2cccc(Cl)c2)cc1. The van der Waals surface area contributed by atoms with E-state index < -0.39 is 0 Å². The number of hydrogen-bond acceptors (Lipinski definition) is 4. The lowest BCUT2D eigenvalue weighted by Crippen LogP contribution is -1.98. The molecule has 0 bridgehead atoms. The van der Waals surface area contributed by atoms with Crippen LogP contribution in [0.3, 0.4) is 0 Å². The lowest BCUT2D eigenvalue weighted by molar-refractivity contribution is 0.306. The second-order valence-electron chi connectivity index (χ2n) is 5.34. The Balaban J connectivity index is 1.65. The van der Waals surface area contributed by atoms with E-state index in [0.717, 1.165) is 29.1 Å². The van der Waals surface area contributed by atoms with E-state index in [1.54, 1.807) is 10.9 Å². The minimum atomic E-state index is 0.470. The largest absolute Gasteiger partial charge is 0.489 e. The summed E-state index contributed by atoms with van der Waals surface area (Å²) < 4.78 is 7.87. The third kappa shape index (κ3) is 4.55. The van der Waals surface area contributed by atoms with Crippen LogP contribution in [0.4, 0.5) is 0 Å². The molecule has 1 aromatic heterocycles. The van der Waals surface area contributed by atoms with Crippen molar-refractivity contribution in [2.75, 3.05) is 0 Å². The first-order valence-electron chi connectivity index (χ1n) is 7.83. The van der Waals surface area contributed by atoms with E-state index in [9.17, 15) is 0 Å². The quantitative estimate of drug-likeness (QED) is 0.507. The van der Waals surface area contributed by atoms with E-state index >= 15 is 0 Å². The lowest BCUT2D eigenvalue weighted by atomic mass is 10.2. The van der Waals surface area contributed by atoms with Crippen molar-refractivity contribution in [3.05, 3.63) is 75.3 Å². The Morgan fingerprint density at radius 1 is 1.28 bits per heavy atom. The van der Waals surface area contributed by atoms with Gasteiger partial charge < -0.3 is 4.74 Å². The molecule has 0 saturated heterocycles. The number of aromatic amines is 1. The average molecular weight is 373 g/mol. The van der Waals surface area contributed by atoms with Crippen molar-refractivity contribution in [2.24, 2.45) is 5.10 Å². The summed E-state index contributed by atoms with van der Waals surface area (Å²) in [5, 5.41) is 11.9. The highest BCUT2D eigenvalue weighted by atomic mass is 35.5. The molecule has 0 fully saturated rings. The van der Waals surface area contributed by atoms with Crippen molar-refractivity contribution in [1.82, 2.24) is 14.9 Å². The van der Waals surface area contributed by atoms with E-state index in [0.29, 0.717) is 16.4 Å². The Hall–Kier alpha value is -2.44. The van der Waals surface area contributed by atoms with E-state index in [2.05, 4.69) is 15.3 Å². The third-order valence-electron chi connectivity index (χ3n) is 3.53. The summed E-state index contributed by atoms with van der Waals surface area (Å²) in [6.45, 7) is 2.47. The van der Waals surface area contributed by atoms with Gasteiger partial charge in [0, 0.05) is 11.4 Å². The molecule has 2 aromatic carbocycles. The van der Waals surface area contributed by atoms with Crippen LogP contribution in [0.15, 0.2) is 53.6 Å². The summed E-state index contributed by atoms with van der Waals surface area (Å²) in [6.07, 6.45) is 2.49. The number of aryl methyl sites for hydroxylation is 1. The number of nitrogens with one attached hydrogen (secondary N) is 1. The molecule has 0 saturated carbocycles. The first-order chi connectivity index (χ1) is 12.2. The van der Waals surface area contributed by atoms with Crippen molar-refractivity contribution in [3.8, 4) is 5.75 Å². The molecule has 0 aliphatic carbocycles. The van der Waals surface area contributed by atoms with E-state index in [4.69, 9.17) is 28.6 Å². The maximum atomic E-state index is 5.97. The molecule has 1 heterocycles. The fraction of sp³-hybridized carbons (Fsp3) is 0.167. The number of benzene rings is 2. The number of aromatic nitrogens is 3. The summed E-state index contributed by atoms with van der Waals surface area (Å²) in [7, 11) is 0. The topological polar surface area (TPSA) is 55.2 Å². The maximum Gasteiger partial charge on any atom is 0.216 e. The summed E-state index contributed by atoms with van der Waals surface area (Å²) in [5.74, 6) is 1.58. The van der Waals surface area contributed by atoms with Crippen LogP contribution in [0, 0.1) is 4.77 Å². The number of nitrogens with zero attached hydrogens (tertiary/aromatic N) is 3. The Morgan fingerprint density at radius 3 is 2.80 bits per heavy atom. The van der Waals surface area contributed by atoms with Gasteiger partial charge in [0.2, 0.25) is 4.77 Å². The van der Waals surface area contributed by atoms with Gasteiger partial charge in [0.1, 0.15) is 12.4 Å². The minimum absolute atomic E-state index is 0.470. The normalized spacial score (nSPS) is 11.1. The summed E-state index contributed by atoms with van der Waals surface area (Å²) in [4.78, 5) is 0. The van der Waals surface area contributed by atoms with Gasteiger partial charge in [0.25, 0.3) is 0 Å². The molecule has 3 aromatic rings. The Labute approximate surface area is 155 Å². The molecule has 0 aliphatic rings. The second kappa shape index (κ2) is 8.09. The first kappa shape index (κ1) is 17.4. The van der Waals surface area contributed by atoms with Crippen molar-refractivity contribution in [2.45, 2.75) is 20.0 Å². The summed E-state index contributed by atoms with van der Waals surface area (Å²) in [6, 6.07) is 15.3. The number of H-pyrrole nitrogens is 1. The van der Waals surface area contributed by atoms with Gasteiger partial charge in [-0.3, -0.25) is 5.10 Å². The highest BCUT2D eigenvalue weighted by molar-refractivity contribution is 7.71. The maximum absolute atomic E-state index is 5.97. The molecule has 5 nitrogen and oxygen atoms in total. The van der Waals surface area contributed by atoms with Crippen LogP contribution in [-0.2, 0) is 13.0 Å². The van der Waals surface area contributed by atoms with Gasteiger partial charge in [0.05, 0.1) is 6.21 Å². The highest BCUT2D eigenvalue weighted by Crippen LogP contribution is 2.16. The van der Waals surface area contributed by atoms with Crippen LogP contribution >= 0.6 is 23.8 Å². The zero-order chi connectivity index (χ0) is 17.6. The predicted molar refractivity (Wildman–Crippen MR) is 102 cm³/mol. The van der Waals surface area contributed by atoms with Crippen molar-refractivity contribution < 1.29 is 4.74 Å². The molecule has 0 atom stereocenters. The fourth-order valence-corrected chi connectivity index (χ4v) is 2.65. The molecular formula is C18H17ClN4OS. The molecule has 7 heteroatoms. The van der Waals surface area contributed by atoms with Crippen LogP contribution in [-0.4, -0.2) is 21.1 Å². The van der Waals surface area contributed by atoms with E-state index in [-0.39, 0.29) is 0 Å². The predicted octanol–water partition coefficient (Wildman–Crippen LogP) is 4.62. The van der Waals surface area contributed by atoms with Gasteiger partial charge in [-0.2, -0.15) is 14.9 Å². The molecule has 1 N–H and O–H groups in total. The van der Waals surface area contributed by atoms with Crippen LogP contribution in [0.5, 0.6) is 5.75 Å². The molecule has 0 radical (unpaired) electrons. The molecule has 0 amide bonds. The van der Waals surface area contributed by atoms with Gasteiger partial charge in [-0.15, -0.1) is 0 Å². The standard InChI is InChI=1S/C18H17ClN4OS/c1-2-17-21-22-18(25)23(17)20-11-13-6-8-16(9-7-13)24-12-14-4-3-5-15(19)10-14/h3-11H,2,12H2,1H3,(H,22,25)/b20-11+. The van der Waals surface area contributed by atoms with Gasteiger partial charge in [-0.1, -0.05) is 30.7 Å².